The highest BCUT2D eigenvalue weighted by Gasteiger charge is 2.04. The summed E-state index contributed by atoms with van der Waals surface area (Å²) in [5.74, 6) is 0.663. The van der Waals surface area contributed by atoms with Gasteiger partial charge in [0.15, 0.2) is 11.3 Å². The van der Waals surface area contributed by atoms with Crippen LogP contribution in [0.4, 0.5) is 0 Å². The number of benzene rings is 1. The lowest BCUT2D eigenvalue weighted by Gasteiger charge is -2.04. The van der Waals surface area contributed by atoms with Crippen molar-refractivity contribution in [3.8, 4) is 5.75 Å². The topological polar surface area (TPSA) is 63.8 Å². The zero-order valence-electron chi connectivity index (χ0n) is 10.5. The first-order valence-electron chi connectivity index (χ1n) is 5.69. The van der Waals surface area contributed by atoms with E-state index in [-0.39, 0.29) is 12.5 Å². The van der Waals surface area contributed by atoms with Gasteiger partial charge in [0.1, 0.15) is 11.5 Å². The Balaban J connectivity index is 1.78. The van der Waals surface area contributed by atoms with Gasteiger partial charge < -0.3 is 9.15 Å². The molecular formula is C13H9Br2ClN2O3. The highest BCUT2D eigenvalue weighted by atomic mass is 79.9. The van der Waals surface area contributed by atoms with Crippen LogP contribution in [0, 0.1) is 0 Å². The summed E-state index contributed by atoms with van der Waals surface area (Å²) >= 11 is 12.2. The van der Waals surface area contributed by atoms with Gasteiger partial charge in [0.25, 0.3) is 5.91 Å². The summed E-state index contributed by atoms with van der Waals surface area (Å²) in [5.41, 5.74) is 2.33. The monoisotopic (exact) mass is 434 g/mol. The number of carbonyl (C=O) groups excluding carboxylic acids is 1. The summed E-state index contributed by atoms with van der Waals surface area (Å²) in [4.78, 5) is 11.5. The van der Waals surface area contributed by atoms with Crippen molar-refractivity contribution in [1.29, 1.82) is 0 Å². The number of hydrazone groups is 1. The first-order chi connectivity index (χ1) is 10.0. The maximum Gasteiger partial charge on any atom is 0.277 e. The average Bonchev–Trinajstić information content (AvgIpc) is 2.77. The Kier molecular flexibility index (Phi) is 5.84. The van der Waals surface area contributed by atoms with E-state index in [0.717, 1.165) is 4.47 Å². The van der Waals surface area contributed by atoms with Crippen LogP contribution in [0.5, 0.6) is 5.75 Å². The van der Waals surface area contributed by atoms with E-state index in [4.69, 9.17) is 20.8 Å². The van der Waals surface area contributed by atoms with Crippen LogP contribution < -0.4 is 10.2 Å². The van der Waals surface area contributed by atoms with E-state index < -0.39 is 0 Å². The number of halogens is 3. The summed E-state index contributed by atoms with van der Waals surface area (Å²) in [6.07, 6.45) is 1.38. The van der Waals surface area contributed by atoms with Crippen LogP contribution >= 0.6 is 43.5 Å². The molecule has 2 rings (SSSR count). The fourth-order valence-electron chi connectivity index (χ4n) is 1.31. The van der Waals surface area contributed by atoms with Crippen molar-refractivity contribution in [3.05, 3.63) is 50.3 Å². The van der Waals surface area contributed by atoms with Crippen molar-refractivity contribution in [2.24, 2.45) is 5.10 Å². The van der Waals surface area contributed by atoms with E-state index in [0.29, 0.717) is 21.2 Å². The second kappa shape index (κ2) is 7.63. The van der Waals surface area contributed by atoms with Gasteiger partial charge in [-0.25, -0.2) is 5.43 Å². The molecule has 21 heavy (non-hydrogen) atoms. The van der Waals surface area contributed by atoms with E-state index >= 15 is 0 Å². The van der Waals surface area contributed by atoms with Gasteiger partial charge in [0.05, 0.1) is 10.7 Å². The highest BCUT2D eigenvalue weighted by molar-refractivity contribution is 9.13. The van der Waals surface area contributed by atoms with Gasteiger partial charge in [-0.1, -0.05) is 11.6 Å². The first kappa shape index (κ1) is 16.1. The maximum atomic E-state index is 11.5. The van der Waals surface area contributed by atoms with Gasteiger partial charge in [-0.2, -0.15) is 5.10 Å². The predicted octanol–water partition coefficient (Wildman–Crippen LogP) is 3.99. The molecule has 1 aromatic carbocycles. The molecule has 0 fully saturated rings. The SMILES string of the molecule is O=C(COc1ccc(Cl)cc1)N/N=C\c1cc(Br)c(Br)o1. The fourth-order valence-corrected chi connectivity index (χ4v) is 2.04. The van der Waals surface area contributed by atoms with Crippen molar-refractivity contribution >= 4 is 55.6 Å². The van der Waals surface area contributed by atoms with E-state index in [1.165, 1.54) is 6.21 Å². The number of hydrogen-bond acceptors (Lipinski definition) is 4. The zero-order valence-corrected chi connectivity index (χ0v) is 14.4. The summed E-state index contributed by atoms with van der Waals surface area (Å²) in [6, 6.07) is 8.43. The molecule has 0 spiro atoms. The van der Waals surface area contributed by atoms with Gasteiger partial charge in [-0.15, -0.1) is 0 Å². The minimum Gasteiger partial charge on any atom is -0.484 e. The molecule has 110 valence electrons. The third kappa shape index (κ3) is 5.18. The second-order valence-corrected chi connectivity index (χ2v) is 5.82. The molecule has 0 aliphatic heterocycles. The van der Waals surface area contributed by atoms with Crippen molar-refractivity contribution in [1.82, 2.24) is 5.43 Å². The van der Waals surface area contributed by atoms with Crippen LogP contribution in [0.2, 0.25) is 5.02 Å². The highest BCUT2D eigenvalue weighted by Crippen LogP contribution is 2.25. The molecule has 0 unspecified atom stereocenters. The lowest BCUT2D eigenvalue weighted by atomic mass is 10.3. The van der Waals surface area contributed by atoms with E-state index in [2.05, 4.69) is 42.4 Å². The molecule has 0 radical (unpaired) electrons. The van der Waals surface area contributed by atoms with Crippen LogP contribution in [0.25, 0.3) is 0 Å². The Morgan fingerprint density at radius 1 is 1.38 bits per heavy atom. The molecule has 0 aliphatic rings. The summed E-state index contributed by atoms with van der Waals surface area (Å²) in [6.45, 7) is -0.148. The Morgan fingerprint density at radius 3 is 2.71 bits per heavy atom. The molecule has 8 heteroatoms. The third-order valence-corrected chi connectivity index (χ3v) is 4.19. The molecule has 0 saturated carbocycles. The molecule has 0 saturated heterocycles. The predicted molar refractivity (Wildman–Crippen MR) is 86.8 cm³/mol. The Morgan fingerprint density at radius 2 is 2.10 bits per heavy atom. The van der Waals surface area contributed by atoms with Crippen LogP contribution in [0.15, 0.2) is 49.0 Å². The summed E-state index contributed by atoms with van der Waals surface area (Å²) in [5, 5.41) is 4.37. The zero-order chi connectivity index (χ0) is 15.2. The van der Waals surface area contributed by atoms with Crippen molar-refractivity contribution in [3.63, 3.8) is 0 Å². The van der Waals surface area contributed by atoms with Gasteiger partial charge in [0.2, 0.25) is 0 Å². The molecule has 1 N–H and O–H groups in total. The minimum absolute atomic E-state index is 0.148. The number of carbonyl (C=O) groups is 1. The third-order valence-electron chi connectivity index (χ3n) is 2.23. The van der Waals surface area contributed by atoms with E-state index in [1.807, 2.05) is 0 Å². The van der Waals surface area contributed by atoms with E-state index in [9.17, 15) is 4.79 Å². The number of amides is 1. The molecule has 2 aromatic rings. The van der Waals surface area contributed by atoms with Crippen molar-refractivity contribution < 1.29 is 13.9 Å². The van der Waals surface area contributed by atoms with Crippen LogP contribution in [-0.2, 0) is 4.79 Å². The number of hydrogen-bond donors (Lipinski definition) is 1. The number of rotatable bonds is 5. The molecule has 5 nitrogen and oxygen atoms in total. The molecule has 0 bridgehead atoms. The number of nitrogens with one attached hydrogen (secondary N) is 1. The first-order valence-corrected chi connectivity index (χ1v) is 7.66. The van der Waals surface area contributed by atoms with Gasteiger partial charge in [0, 0.05) is 11.1 Å². The second-order valence-electron chi connectivity index (χ2n) is 3.81. The number of furan rings is 1. The van der Waals surface area contributed by atoms with E-state index in [1.54, 1.807) is 30.3 Å². The van der Waals surface area contributed by atoms with Crippen molar-refractivity contribution in [2.75, 3.05) is 6.61 Å². The Labute approximate surface area is 142 Å². The molecule has 0 aliphatic carbocycles. The lowest BCUT2D eigenvalue weighted by Crippen LogP contribution is -2.24. The minimum atomic E-state index is -0.383. The Hall–Kier alpha value is -1.31. The average molecular weight is 436 g/mol. The maximum absolute atomic E-state index is 11.5. The van der Waals surface area contributed by atoms with Crippen molar-refractivity contribution in [2.45, 2.75) is 0 Å². The normalized spacial score (nSPS) is 10.8. The fraction of sp³-hybridized carbons (Fsp3) is 0.0769. The smallest absolute Gasteiger partial charge is 0.277 e. The standard InChI is InChI=1S/C13H9Br2ClN2O3/c14-11-5-10(21-13(11)15)6-17-18-12(19)7-20-9-3-1-8(16)2-4-9/h1-6H,7H2,(H,18,19)/b17-6-. The van der Waals surface area contributed by atoms with Gasteiger partial charge in [-0.05, 0) is 56.1 Å². The van der Waals surface area contributed by atoms with Crippen LogP contribution in [0.1, 0.15) is 5.76 Å². The Bertz CT molecular complexity index is 636. The molecule has 1 amide bonds. The number of nitrogens with zero attached hydrogens (tertiary/aromatic N) is 1. The molecule has 1 aromatic heterocycles. The summed E-state index contributed by atoms with van der Waals surface area (Å²) in [7, 11) is 0. The lowest BCUT2D eigenvalue weighted by molar-refractivity contribution is -0.123. The quantitative estimate of drug-likeness (QED) is 0.570. The van der Waals surface area contributed by atoms with Crippen LogP contribution in [-0.4, -0.2) is 18.7 Å². The molecule has 0 atom stereocenters. The summed E-state index contributed by atoms with van der Waals surface area (Å²) < 4.78 is 11.8. The van der Waals surface area contributed by atoms with Crippen LogP contribution in [0.3, 0.4) is 0 Å². The van der Waals surface area contributed by atoms with Gasteiger partial charge in [-0.3, -0.25) is 4.79 Å². The largest absolute Gasteiger partial charge is 0.484 e. The molecule has 1 heterocycles. The van der Waals surface area contributed by atoms with Gasteiger partial charge >= 0.3 is 0 Å². The number of ether oxygens (including phenoxy) is 1. The molecular weight excluding hydrogens is 427 g/mol.